The molecule has 0 atom stereocenters. The maximum Gasteiger partial charge on any atom is 0.157 e. The van der Waals surface area contributed by atoms with Crippen molar-refractivity contribution >= 4 is 6.08 Å². The lowest BCUT2D eigenvalue weighted by Crippen LogP contribution is -2.11. The Morgan fingerprint density at radius 1 is 1.09 bits per heavy atom. The smallest absolute Gasteiger partial charge is 0.157 e. The molecule has 0 radical (unpaired) electrons. The van der Waals surface area contributed by atoms with E-state index >= 15 is 0 Å². The predicted molar refractivity (Wildman–Crippen MR) is 85.8 cm³/mol. The Balaban J connectivity index is 1.98. The van der Waals surface area contributed by atoms with Crippen LogP contribution in [0, 0.1) is 11.3 Å². The highest BCUT2D eigenvalue weighted by atomic mass is 16.3. The summed E-state index contributed by atoms with van der Waals surface area (Å²) in [5.41, 5.74) is 2.27. The van der Waals surface area contributed by atoms with Gasteiger partial charge in [0.25, 0.3) is 0 Å². The molecule has 3 N–H and O–H groups in total. The van der Waals surface area contributed by atoms with E-state index in [1.54, 1.807) is 24.3 Å². The van der Waals surface area contributed by atoms with Crippen molar-refractivity contribution in [1.29, 1.82) is 5.26 Å². The fourth-order valence-electron chi connectivity index (χ4n) is 1.83. The molecule has 22 heavy (non-hydrogen) atoms. The normalized spacial score (nSPS) is 11.3. The van der Waals surface area contributed by atoms with Gasteiger partial charge in [0.15, 0.2) is 11.5 Å². The van der Waals surface area contributed by atoms with E-state index in [-0.39, 0.29) is 11.5 Å². The topological polar surface area (TPSA) is 76.3 Å². The van der Waals surface area contributed by atoms with Crippen LogP contribution in [-0.2, 0) is 6.54 Å². The summed E-state index contributed by atoms with van der Waals surface area (Å²) in [5, 5.41) is 30.8. The number of hydrogen-bond acceptors (Lipinski definition) is 4. The second-order valence-electron chi connectivity index (χ2n) is 4.64. The first-order valence-electron chi connectivity index (χ1n) is 6.77. The van der Waals surface area contributed by atoms with Gasteiger partial charge >= 0.3 is 0 Å². The molecule has 0 aliphatic heterocycles. The number of rotatable bonds is 5. The maximum absolute atomic E-state index is 9.40. The Morgan fingerprint density at radius 2 is 1.86 bits per heavy atom. The van der Waals surface area contributed by atoms with E-state index in [1.165, 1.54) is 12.1 Å². The molecule has 4 heteroatoms. The third-order valence-electron chi connectivity index (χ3n) is 3.00. The molecule has 0 bridgehead atoms. The van der Waals surface area contributed by atoms with E-state index in [9.17, 15) is 10.2 Å². The zero-order valence-electron chi connectivity index (χ0n) is 11.9. The number of phenolic OH excluding ortho intramolecular Hbond substituents is 2. The molecule has 110 valence electrons. The molecule has 0 aliphatic carbocycles. The second-order valence-corrected chi connectivity index (χ2v) is 4.64. The average molecular weight is 292 g/mol. The van der Waals surface area contributed by atoms with Gasteiger partial charge in [0, 0.05) is 6.54 Å². The van der Waals surface area contributed by atoms with Gasteiger partial charge in [-0.05, 0) is 29.3 Å². The highest BCUT2D eigenvalue weighted by molar-refractivity contribution is 5.56. The molecule has 0 amide bonds. The van der Waals surface area contributed by atoms with E-state index in [0.717, 1.165) is 11.1 Å². The molecule has 4 nitrogen and oxygen atoms in total. The summed E-state index contributed by atoms with van der Waals surface area (Å²) < 4.78 is 0. The SMILES string of the molecule is N#CC(=CC=Cc1ccc(O)c(O)c1)NCc1ccccc1. The van der Waals surface area contributed by atoms with Crippen molar-refractivity contribution in [2.45, 2.75) is 6.54 Å². The maximum atomic E-state index is 9.40. The van der Waals surface area contributed by atoms with E-state index in [4.69, 9.17) is 5.26 Å². The largest absolute Gasteiger partial charge is 0.504 e. The Bertz CT molecular complexity index is 728. The van der Waals surface area contributed by atoms with E-state index in [1.807, 2.05) is 30.3 Å². The molecular formula is C18H16N2O2. The lowest BCUT2D eigenvalue weighted by atomic mass is 10.2. The van der Waals surface area contributed by atoms with Crippen LogP contribution in [0.1, 0.15) is 11.1 Å². The molecule has 2 aromatic carbocycles. The summed E-state index contributed by atoms with van der Waals surface area (Å²) in [6.45, 7) is 0.577. The highest BCUT2D eigenvalue weighted by Crippen LogP contribution is 2.25. The third kappa shape index (κ3) is 4.43. The van der Waals surface area contributed by atoms with Crippen LogP contribution in [0.4, 0.5) is 0 Å². The van der Waals surface area contributed by atoms with Crippen LogP contribution in [-0.4, -0.2) is 10.2 Å². The number of allylic oxidation sites excluding steroid dienone is 3. The van der Waals surface area contributed by atoms with Crippen LogP contribution in [0.3, 0.4) is 0 Å². The van der Waals surface area contributed by atoms with Crippen LogP contribution in [0.2, 0.25) is 0 Å². The van der Waals surface area contributed by atoms with Crippen LogP contribution in [0.25, 0.3) is 6.08 Å². The van der Waals surface area contributed by atoms with Crippen molar-refractivity contribution in [2.24, 2.45) is 0 Å². The lowest BCUT2D eigenvalue weighted by Gasteiger charge is -2.03. The first-order valence-corrected chi connectivity index (χ1v) is 6.77. The van der Waals surface area contributed by atoms with Gasteiger partial charge in [-0.15, -0.1) is 0 Å². The summed E-state index contributed by atoms with van der Waals surface area (Å²) in [6.07, 6.45) is 5.11. The van der Waals surface area contributed by atoms with Gasteiger partial charge < -0.3 is 15.5 Å². The number of aromatic hydroxyl groups is 2. The van der Waals surface area contributed by atoms with Gasteiger partial charge in [0.2, 0.25) is 0 Å². The minimum absolute atomic E-state index is 0.157. The zero-order valence-corrected chi connectivity index (χ0v) is 11.9. The number of benzene rings is 2. The molecule has 0 fully saturated rings. The van der Waals surface area contributed by atoms with Crippen LogP contribution in [0.15, 0.2) is 66.4 Å². The van der Waals surface area contributed by atoms with E-state index < -0.39 is 0 Å². The molecule has 0 saturated carbocycles. The van der Waals surface area contributed by atoms with Crippen molar-refractivity contribution in [3.8, 4) is 17.6 Å². The summed E-state index contributed by atoms with van der Waals surface area (Å²) in [6, 6.07) is 16.4. The highest BCUT2D eigenvalue weighted by Gasteiger charge is 1.98. The number of hydrogen-bond donors (Lipinski definition) is 3. The summed E-state index contributed by atoms with van der Waals surface area (Å²) in [7, 11) is 0. The molecule has 2 rings (SSSR count). The molecular weight excluding hydrogens is 276 g/mol. The van der Waals surface area contributed by atoms with Crippen LogP contribution in [0.5, 0.6) is 11.5 Å². The number of nitriles is 1. The Hall–Kier alpha value is -3.19. The number of phenols is 2. The third-order valence-corrected chi connectivity index (χ3v) is 3.00. The van der Waals surface area contributed by atoms with Gasteiger partial charge in [-0.3, -0.25) is 0 Å². The fourth-order valence-corrected chi connectivity index (χ4v) is 1.83. The molecule has 2 aromatic rings. The number of nitrogens with one attached hydrogen (secondary N) is 1. The van der Waals surface area contributed by atoms with Gasteiger partial charge in [0.1, 0.15) is 11.8 Å². The summed E-state index contributed by atoms with van der Waals surface area (Å²) in [5.74, 6) is -0.330. The quantitative estimate of drug-likeness (QED) is 0.449. The minimum atomic E-state index is -0.172. The number of nitrogens with zero attached hydrogens (tertiary/aromatic N) is 1. The Morgan fingerprint density at radius 3 is 2.55 bits per heavy atom. The van der Waals surface area contributed by atoms with Crippen LogP contribution < -0.4 is 5.32 Å². The molecule has 0 heterocycles. The standard InChI is InChI=1S/C18H16N2O2/c19-12-16(20-13-15-5-2-1-3-6-15)8-4-7-14-9-10-17(21)18(22)11-14/h1-11,20-22H,13H2. The Kier molecular flexibility index (Phi) is 5.22. The van der Waals surface area contributed by atoms with Gasteiger partial charge in [-0.25, -0.2) is 0 Å². The second kappa shape index (κ2) is 7.55. The Labute approximate surface area is 129 Å². The van der Waals surface area contributed by atoms with Gasteiger partial charge in [-0.2, -0.15) is 5.26 Å². The van der Waals surface area contributed by atoms with Crippen molar-refractivity contribution in [3.63, 3.8) is 0 Å². The summed E-state index contributed by atoms with van der Waals surface area (Å²) in [4.78, 5) is 0. The molecule has 0 aromatic heterocycles. The first kappa shape index (κ1) is 15.2. The first-order chi connectivity index (χ1) is 10.7. The van der Waals surface area contributed by atoms with Crippen molar-refractivity contribution in [1.82, 2.24) is 5.32 Å². The summed E-state index contributed by atoms with van der Waals surface area (Å²) >= 11 is 0. The zero-order chi connectivity index (χ0) is 15.8. The molecule has 0 spiro atoms. The van der Waals surface area contributed by atoms with Crippen molar-refractivity contribution in [2.75, 3.05) is 0 Å². The van der Waals surface area contributed by atoms with Crippen LogP contribution >= 0.6 is 0 Å². The monoisotopic (exact) mass is 292 g/mol. The lowest BCUT2D eigenvalue weighted by molar-refractivity contribution is 0.403. The predicted octanol–water partition coefficient (Wildman–Crippen LogP) is 3.31. The van der Waals surface area contributed by atoms with Crippen molar-refractivity contribution in [3.05, 3.63) is 77.5 Å². The minimum Gasteiger partial charge on any atom is -0.504 e. The molecule has 0 unspecified atom stereocenters. The fraction of sp³-hybridized carbons (Fsp3) is 0.0556. The van der Waals surface area contributed by atoms with E-state index in [0.29, 0.717) is 12.2 Å². The van der Waals surface area contributed by atoms with Gasteiger partial charge in [-0.1, -0.05) is 48.6 Å². The van der Waals surface area contributed by atoms with Crippen molar-refractivity contribution < 1.29 is 10.2 Å². The van der Waals surface area contributed by atoms with Gasteiger partial charge in [0.05, 0.1) is 0 Å². The average Bonchev–Trinajstić information content (AvgIpc) is 2.55. The van der Waals surface area contributed by atoms with E-state index in [2.05, 4.69) is 11.4 Å². The molecule has 0 aliphatic rings. The molecule has 0 saturated heterocycles.